The van der Waals surface area contributed by atoms with Crippen LogP contribution in [0.4, 0.5) is 0 Å². The third-order valence-corrected chi connectivity index (χ3v) is 6.28. The predicted molar refractivity (Wildman–Crippen MR) is 90.4 cm³/mol. The lowest BCUT2D eigenvalue weighted by Crippen LogP contribution is -2.61. The average molecular weight is 345 g/mol. The van der Waals surface area contributed by atoms with E-state index in [1.165, 1.54) is 13.2 Å². The lowest BCUT2D eigenvalue weighted by molar-refractivity contribution is -0.125. The van der Waals surface area contributed by atoms with Crippen LogP contribution in [0.2, 0.25) is 0 Å². The number of phenols is 2. The quantitative estimate of drug-likeness (QED) is 0.797. The summed E-state index contributed by atoms with van der Waals surface area (Å²) in [4.78, 5) is 14.9. The molecule has 25 heavy (non-hydrogen) atoms. The van der Waals surface area contributed by atoms with Gasteiger partial charge in [-0.25, -0.2) is 0 Å². The van der Waals surface area contributed by atoms with Gasteiger partial charge < -0.3 is 19.7 Å². The molecule has 0 spiro atoms. The number of likely N-dealkylation sites (N-methyl/N-ethyl adjacent to an activating group) is 1. The topological polar surface area (TPSA) is 79.2 Å². The summed E-state index contributed by atoms with van der Waals surface area (Å²) in [5.74, 6) is -0.0165. The Morgan fingerprint density at radius 2 is 2.04 bits per heavy atom. The molecule has 2 aliphatic carbocycles. The molecule has 1 heterocycles. The molecule has 1 saturated heterocycles. The van der Waals surface area contributed by atoms with Crippen molar-refractivity contribution in [3.8, 4) is 11.5 Å². The zero-order valence-corrected chi connectivity index (χ0v) is 14.7. The summed E-state index contributed by atoms with van der Waals surface area (Å²) in [6, 6.07) is 3.34. The van der Waals surface area contributed by atoms with Crippen LogP contribution in [-0.2, 0) is 19.7 Å². The lowest BCUT2D eigenvalue weighted by atomic mass is 9.52. The van der Waals surface area contributed by atoms with E-state index in [1.807, 2.05) is 12.1 Å². The maximum Gasteiger partial charge on any atom is 0.197 e. The summed E-state index contributed by atoms with van der Waals surface area (Å²) >= 11 is 0. The third kappa shape index (κ3) is 2.01. The Morgan fingerprint density at radius 1 is 1.28 bits per heavy atom. The molecule has 1 fully saturated rings. The summed E-state index contributed by atoms with van der Waals surface area (Å²) in [5.41, 5.74) is 0.977. The van der Waals surface area contributed by atoms with Crippen LogP contribution in [0.5, 0.6) is 11.5 Å². The van der Waals surface area contributed by atoms with Gasteiger partial charge in [0.05, 0.1) is 13.2 Å². The largest absolute Gasteiger partial charge is 0.504 e. The van der Waals surface area contributed by atoms with E-state index in [0.717, 1.165) is 18.5 Å². The van der Waals surface area contributed by atoms with Crippen LogP contribution in [0.15, 0.2) is 24.0 Å². The Hall–Kier alpha value is -2.05. The number of ether oxygens (including phenoxy) is 2. The van der Waals surface area contributed by atoms with Gasteiger partial charge in [-0.15, -0.1) is 0 Å². The van der Waals surface area contributed by atoms with E-state index in [9.17, 15) is 15.0 Å². The van der Waals surface area contributed by atoms with Crippen molar-refractivity contribution in [3.63, 3.8) is 0 Å². The van der Waals surface area contributed by atoms with Crippen LogP contribution >= 0.6 is 0 Å². The highest BCUT2D eigenvalue weighted by Gasteiger charge is 2.59. The minimum absolute atomic E-state index is 0.0356. The number of allylic oxidation sites excluding steroid dienone is 1. The number of methoxy groups -OCH3 is 2. The van der Waals surface area contributed by atoms with Gasteiger partial charge in [-0.1, -0.05) is 6.07 Å². The number of likely N-dealkylation sites (tertiary alicyclic amines) is 1. The van der Waals surface area contributed by atoms with Crippen molar-refractivity contribution in [1.29, 1.82) is 0 Å². The first kappa shape index (κ1) is 16.4. The van der Waals surface area contributed by atoms with Gasteiger partial charge in [0.25, 0.3) is 0 Å². The van der Waals surface area contributed by atoms with E-state index in [1.54, 1.807) is 7.11 Å². The first-order valence-corrected chi connectivity index (χ1v) is 8.52. The lowest BCUT2D eigenvalue weighted by Gasteiger charge is -2.58. The SMILES string of the molecule is COC1=C[C@@H]2[C@@H]3[C@H](OC)c4ccc(O)c(O)c4[C@]2(CCN3C)CC1=O. The van der Waals surface area contributed by atoms with Crippen molar-refractivity contribution in [3.05, 3.63) is 35.1 Å². The van der Waals surface area contributed by atoms with E-state index in [4.69, 9.17) is 9.47 Å². The average Bonchev–Trinajstić information content (AvgIpc) is 2.60. The summed E-state index contributed by atoms with van der Waals surface area (Å²) in [5, 5.41) is 20.8. The van der Waals surface area contributed by atoms with Gasteiger partial charge >= 0.3 is 0 Å². The van der Waals surface area contributed by atoms with Crippen LogP contribution in [0.25, 0.3) is 0 Å². The molecule has 6 heteroatoms. The number of nitrogens with zero attached hydrogens (tertiary/aromatic N) is 1. The maximum atomic E-state index is 12.6. The number of ketones is 1. The number of piperidine rings is 1. The molecule has 0 amide bonds. The molecule has 0 unspecified atom stereocenters. The van der Waals surface area contributed by atoms with Crippen LogP contribution in [0.3, 0.4) is 0 Å². The van der Waals surface area contributed by atoms with Gasteiger partial charge in [0.15, 0.2) is 23.0 Å². The summed E-state index contributed by atoms with van der Waals surface area (Å²) in [7, 11) is 5.22. The summed E-state index contributed by atoms with van der Waals surface area (Å²) in [6.07, 6.45) is 2.63. The molecule has 3 aliphatic rings. The Balaban J connectivity index is 2.03. The smallest absolute Gasteiger partial charge is 0.197 e. The molecular weight excluding hydrogens is 322 g/mol. The second-order valence-electron chi connectivity index (χ2n) is 7.29. The molecule has 6 nitrogen and oxygen atoms in total. The molecule has 1 aromatic carbocycles. The number of phenolic OH excluding ortho intramolecular Hbond substituents is 2. The molecule has 1 aromatic rings. The Morgan fingerprint density at radius 3 is 2.72 bits per heavy atom. The van der Waals surface area contributed by atoms with E-state index in [-0.39, 0.29) is 41.8 Å². The van der Waals surface area contributed by atoms with E-state index in [0.29, 0.717) is 11.3 Å². The minimum Gasteiger partial charge on any atom is -0.504 e. The number of benzene rings is 1. The van der Waals surface area contributed by atoms with Crippen molar-refractivity contribution in [2.24, 2.45) is 5.92 Å². The normalized spacial score (nSPS) is 34.1. The van der Waals surface area contributed by atoms with Gasteiger partial charge in [-0.3, -0.25) is 9.69 Å². The number of carbonyl (C=O) groups excluding carboxylic acids is 1. The number of Topliss-reactive ketones (excluding diaryl/α,β-unsaturated/α-hetero) is 1. The van der Waals surface area contributed by atoms with Crippen molar-refractivity contribution < 1.29 is 24.5 Å². The van der Waals surface area contributed by atoms with Crippen molar-refractivity contribution in [1.82, 2.24) is 4.90 Å². The molecule has 2 bridgehead atoms. The second-order valence-corrected chi connectivity index (χ2v) is 7.29. The Kier molecular flexibility index (Phi) is 3.60. The van der Waals surface area contributed by atoms with Gasteiger partial charge in [0.1, 0.15) is 0 Å². The highest BCUT2D eigenvalue weighted by molar-refractivity contribution is 5.96. The van der Waals surface area contributed by atoms with E-state index in [2.05, 4.69) is 11.9 Å². The Labute approximate surface area is 146 Å². The molecule has 134 valence electrons. The first-order valence-electron chi connectivity index (χ1n) is 8.52. The van der Waals surface area contributed by atoms with Crippen LogP contribution in [-0.4, -0.2) is 54.8 Å². The van der Waals surface area contributed by atoms with Crippen LogP contribution in [0.1, 0.15) is 30.1 Å². The molecule has 0 radical (unpaired) electrons. The summed E-state index contributed by atoms with van der Waals surface area (Å²) in [6.45, 7) is 0.791. The fourth-order valence-corrected chi connectivity index (χ4v) is 5.17. The van der Waals surface area contributed by atoms with Crippen molar-refractivity contribution in [2.75, 3.05) is 27.8 Å². The van der Waals surface area contributed by atoms with Crippen molar-refractivity contribution in [2.45, 2.75) is 30.4 Å². The highest BCUT2D eigenvalue weighted by atomic mass is 16.5. The van der Waals surface area contributed by atoms with E-state index < -0.39 is 5.41 Å². The number of hydrogen-bond donors (Lipinski definition) is 2. The zero-order valence-electron chi connectivity index (χ0n) is 14.7. The number of fused-ring (bicyclic) bond motifs is 1. The molecular formula is C19H23NO5. The minimum atomic E-state index is -0.538. The molecule has 0 aromatic heterocycles. The fourth-order valence-electron chi connectivity index (χ4n) is 5.17. The van der Waals surface area contributed by atoms with Crippen molar-refractivity contribution >= 4 is 5.78 Å². The number of aromatic hydroxyl groups is 2. The fraction of sp³-hybridized carbons (Fsp3) is 0.526. The first-order chi connectivity index (χ1) is 11.9. The highest BCUT2D eigenvalue weighted by Crippen LogP contribution is 2.60. The number of hydrogen-bond acceptors (Lipinski definition) is 6. The standard InChI is InChI=1S/C19H23NO5/c1-20-7-6-19-9-13(22)14(24-2)8-11(19)16(20)18(25-3)10-4-5-12(21)17(23)15(10)19/h4-5,8,11,16,18,21,23H,6-7,9H2,1-3H3/t11-,16-,18-,19-/m1/s1. The van der Waals surface area contributed by atoms with E-state index >= 15 is 0 Å². The Bertz CT molecular complexity index is 773. The van der Waals surface area contributed by atoms with Crippen LogP contribution < -0.4 is 0 Å². The predicted octanol–water partition coefficient (Wildman–Crippen LogP) is 1.86. The second kappa shape index (κ2) is 5.47. The molecule has 0 saturated carbocycles. The molecule has 1 aliphatic heterocycles. The third-order valence-electron chi connectivity index (χ3n) is 6.28. The van der Waals surface area contributed by atoms with Gasteiger partial charge in [-0.2, -0.15) is 0 Å². The monoisotopic (exact) mass is 345 g/mol. The zero-order chi connectivity index (χ0) is 17.9. The number of carbonyl (C=O) groups is 1. The molecule has 4 atom stereocenters. The van der Waals surface area contributed by atoms with Crippen LogP contribution in [0, 0.1) is 5.92 Å². The molecule has 4 rings (SSSR count). The van der Waals surface area contributed by atoms with Gasteiger partial charge in [-0.05, 0) is 37.7 Å². The maximum absolute atomic E-state index is 12.6. The van der Waals surface area contributed by atoms with Gasteiger partial charge in [0.2, 0.25) is 0 Å². The molecule has 2 N–H and O–H groups in total. The summed E-state index contributed by atoms with van der Waals surface area (Å²) < 4.78 is 11.1. The number of rotatable bonds is 2. The van der Waals surface area contributed by atoms with Gasteiger partial charge in [0, 0.05) is 36.5 Å².